The molecule has 4 nitrogen and oxygen atoms in total. The first-order chi connectivity index (χ1) is 6.79. The minimum atomic E-state index is -0.453. The Balaban J connectivity index is 2.83. The fourth-order valence-corrected chi connectivity index (χ4v) is 1.22. The van der Waals surface area contributed by atoms with Gasteiger partial charge in [-0.3, -0.25) is 4.79 Å². The highest BCUT2D eigenvalue weighted by Gasteiger charge is 2.20. The molecule has 2 N–H and O–H groups in total. The normalized spacial score (nSPS) is 12.1. The Morgan fingerprint density at radius 2 is 2.07 bits per heavy atom. The lowest BCUT2D eigenvalue weighted by molar-refractivity contribution is -0.144. The van der Waals surface area contributed by atoms with Gasteiger partial charge in [0.1, 0.15) is 5.92 Å². The van der Waals surface area contributed by atoms with Gasteiger partial charge >= 0.3 is 5.97 Å². The van der Waals surface area contributed by atoms with Crippen LogP contribution in [0.25, 0.3) is 0 Å². The van der Waals surface area contributed by atoms with Crippen molar-refractivity contribution in [1.29, 1.82) is 0 Å². The van der Waals surface area contributed by atoms with E-state index in [1.807, 2.05) is 30.3 Å². The molecule has 1 aromatic rings. The molecule has 1 atom stereocenters. The Kier molecular flexibility index (Phi) is 4.10. The van der Waals surface area contributed by atoms with Crippen molar-refractivity contribution < 1.29 is 14.4 Å². The quantitative estimate of drug-likeness (QED) is 0.571. The van der Waals surface area contributed by atoms with Gasteiger partial charge in [-0.05, 0) is 5.56 Å². The zero-order valence-electron chi connectivity index (χ0n) is 7.97. The summed E-state index contributed by atoms with van der Waals surface area (Å²) in [5, 5.41) is 0. The number of nitrogens with two attached hydrogens (primary N) is 1. The summed E-state index contributed by atoms with van der Waals surface area (Å²) >= 11 is 0. The summed E-state index contributed by atoms with van der Waals surface area (Å²) in [5.74, 6) is 4.15. The van der Waals surface area contributed by atoms with E-state index in [2.05, 4.69) is 9.57 Å². The third kappa shape index (κ3) is 2.55. The predicted octanol–water partition coefficient (Wildman–Crippen LogP) is 0.833. The standard InChI is InChI=1S/C10H13NO3/c1-13-10(12)9(7-14-11)8-5-3-2-4-6-8/h2-6,9H,7,11H2,1H3. The molecule has 0 aliphatic rings. The van der Waals surface area contributed by atoms with Gasteiger partial charge in [0.15, 0.2) is 0 Å². The van der Waals surface area contributed by atoms with Crippen LogP contribution in [0.4, 0.5) is 0 Å². The van der Waals surface area contributed by atoms with E-state index < -0.39 is 5.92 Å². The second-order valence-electron chi connectivity index (χ2n) is 2.82. The molecular weight excluding hydrogens is 182 g/mol. The summed E-state index contributed by atoms with van der Waals surface area (Å²) in [6.07, 6.45) is 0. The lowest BCUT2D eigenvalue weighted by Gasteiger charge is -2.12. The maximum atomic E-state index is 11.3. The molecule has 0 saturated carbocycles. The monoisotopic (exact) mass is 195 g/mol. The number of rotatable bonds is 4. The Morgan fingerprint density at radius 1 is 1.43 bits per heavy atom. The van der Waals surface area contributed by atoms with Crippen LogP contribution in [0.5, 0.6) is 0 Å². The van der Waals surface area contributed by atoms with Gasteiger partial charge < -0.3 is 9.57 Å². The summed E-state index contributed by atoms with van der Waals surface area (Å²) in [6.45, 7) is 0.122. The maximum Gasteiger partial charge on any atom is 0.315 e. The second-order valence-corrected chi connectivity index (χ2v) is 2.82. The summed E-state index contributed by atoms with van der Waals surface area (Å²) < 4.78 is 4.64. The molecule has 0 fully saturated rings. The fourth-order valence-electron chi connectivity index (χ4n) is 1.22. The molecular formula is C10H13NO3. The molecule has 0 spiro atoms. The van der Waals surface area contributed by atoms with Gasteiger partial charge in [-0.2, -0.15) is 0 Å². The van der Waals surface area contributed by atoms with Crippen LogP contribution in [0, 0.1) is 0 Å². The number of carbonyl (C=O) groups is 1. The second kappa shape index (κ2) is 5.36. The summed E-state index contributed by atoms with van der Waals surface area (Å²) in [6, 6.07) is 9.24. The van der Waals surface area contributed by atoms with E-state index in [1.54, 1.807) is 0 Å². The summed E-state index contributed by atoms with van der Waals surface area (Å²) in [7, 11) is 1.34. The number of ether oxygens (including phenoxy) is 1. The Hall–Kier alpha value is -1.39. The molecule has 14 heavy (non-hydrogen) atoms. The van der Waals surface area contributed by atoms with Gasteiger partial charge in [0, 0.05) is 0 Å². The molecule has 1 aromatic carbocycles. The van der Waals surface area contributed by atoms with Crippen LogP contribution in [0.3, 0.4) is 0 Å². The molecule has 0 aliphatic heterocycles. The molecule has 1 unspecified atom stereocenters. The number of esters is 1. The molecule has 4 heteroatoms. The average Bonchev–Trinajstić information content (AvgIpc) is 2.26. The van der Waals surface area contributed by atoms with E-state index >= 15 is 0 Å². The Morgan fingerprint density at radius 3 is 2.57 bits per heavy atom. The van der Waals surface area contributed by atoms with Gasteiger partial charge in [-0.25, -0.2) is 5.90 Å². The third-order valence-corrected chi connectivity index (χ3v) is 1.95. The Bertz CT molecular complexity index is 287. The van der Waals surface area contributed by atoms with Crippen molar-refractivity contribution in [3.05, 3.63) is 35.9 Å². The third-order valence-electron chi connectivity index (χ3n) is 1.95. The van der Waals surface area contributed by atoms with Gasteiger partial charge in [0.2, 0.25) is 0 Å². The van der Waals surface area contributed by atoms with Crippen molar-refractivity contribution in [2.24, 2.45) is 5.90 Å². The van der Waals surface area contributed by atoms with Crippen LogP contribution < -0.4 is 5.90 Å². The molecule has 0 heterocycles. The zero-order valence-corrected chi connectivity index (χ0v) is 7.97. The molecule has 0 aliphatic carbocycles. The van der Waals surface area contributed by atoms with Crippen molar-refractivity contribution >= 4 is 5.97 Å². The van der Waals surface area contributed by atoms with Crippen LogP contribution in [0.15, 0.2) is 30.3 Å². The number of methoxy groups -OCH3 is 1. The highest BCUT2D eigenvalue weighted by molar-refractivity contribution is 5.78. The van der Waals surface area contributed by atoms with Crippen LogP contribution in [0.1, 0.15) is 11.5 Å². The van der Waals surface area contributed by atoms with E-state index in [0.717, 1.165) is 5.56 Å². The van der Waals surface area contributed by atoms with Crippen LogP contribution in [0.2, 0.25) is 0 Å². The molecule has 0 saturated heterocycles. The topological polar surface area (TPSA) is 61.5 Å². The summed E-state index contributed by atoms with van der Waals surface area (Å²) in [5.41, 5.74) is 0.838. The minimum Gasteiger partial charge on any atom is -0.468 e. The number of hydrogen-bond acceptors (Lipinski definition) is 4. The smallest absolute Gasteiger partial charge is 0.315 e. The first kappa shape index (κ1) is 10.7. The zero-order chi connectivity index (χ0) is 10.4. The SMILES string of the molecule is COC(=O)C(CON)c1ccccc1. The lowest BCUT2D eigenvalue weighted by atomic mass is 10.0. The van der Waals surface area contributed by atoms with E-state index in [1.165, 1.54) is 7.11 Å². The number of carbonyl (C=O) groups excluding carboxylic acids is 1. The van der Waals surface area contributed by atoms with Crippen molar-refractivity contribution in [3.8, 4) is 0 Å². The van der Waals surface area contributed by atoms with Gasteiger partial charge in [0.25, 0.3) is 0 Å². The molecule has 0 bridgehead atoms. The van der Waals surface area contributed by atoms with E-state index in [4.69, 9.17) is 5.90 Å². The molecule has 0 amide bonds. The van der Waals surface area contributed by atoms with Gasteiger partial charge in [-0.15, -0.1) is 0 Å². The highest BCUT2D eigenvalue weighted by Crippen LogP contribution is 2.16. The van der Waals surface area contributed by atoms with Crippen LogP contribution in [-0.4, -0.2) is 19.7 Å². The average molecular weight is 195 g/mol. The molecule has 76 valence electrons. The molecule has 1 rings (SSSR count). The molecule has 0 radical (unpaired) electrons. The maximum absolute atomic E-state index is 11.3. The van der Waals surface area contributed by atoms with Crippen molar-refractivity contribution in [2.45, 2.75) is 5.92 Å². The van der Waals surface area contributed by atoms with Gasteiger partial charge in [-0.1, -0.05) is 30.3 Å². The largest absolute Gasteiger partial charge is 0.468 e. The Labute approximate surface area is 82.6 Å². The fraction of sp³-hybridized carbons (Fsp3) is 0.300. The van der Waals surface area contributed by atoms with Crippen LogP contribution >= 0.6 is 0 Å². The van der Waals surface area contributed by atoms with Crippen molar-refractivity contribution in [1.82, 2.24) is 0 Å². The van der Waals surface area contributed by atoms with E-state index in [-0.39, 0.29) is 12.6 Å². The first-order valence-electron chi connectivity index (χ1n) is 4.24. The summed E-state index contributed by atoms with van der Waals surface area (Å²) in [4.78, 5) is 15.8. The van der Waals surface area contributed by atoms with Gasteiger partial charge in [0.05, 0.1) is 13.7 Å². The highest BCUT2D eigenvalue weighted by atomic mass is 16.6. The van der Waals surface area contributed by atoms with Crippen LogP contribution in [-0.2, 0) is 14.4 Å². The predicted molar refractivity (Wildman–Crippen MR) is 51.3 cm³/mol. The number of hydrogen-bond donors (Lipinski definition) is 1. The minimum absolute atomic E-state index is 0.122. The van der Waals surface area contributed by atoms with E-state index in [0.29, 0.717) is 0 Å². The first-order valence-corrected chi connectivity index (χ1v) is 4.24. The molecule has 0 aromatic heterocycles. The number of benzene rings is 1. The van der Waals surface area contributed by atoms with E-state index in [9.17, 15) is 4.79 Å². The lowest BCUT2D eigenvalue weighted by Crippen LogP contribution is -2.21. The van der Waals surface area contributed by atoms with Crippen molar-refractivity contribution in [2.75, 3.05) is 13.7 Å². The van der Waals surface area contributed by atoms with Crippen molar-refractivity contribution in [3.63, 3.8) is 0 Å².